The molecule has 0 aliphatic rings. The van der Waals surface area contributed by atoms with E-state index in [-0.39, 0.29) is 6.61 Å². The number of hydrogen-bond donors (Lipinski definition) is 1. The first-order valence-electron chi connectivity index (χ1n) is 9.41. The molecule has 0 saturated carbocycles. The summed E-state index contributed by atoms with van der Waals surface area (Å²) in [5.74, 6) is 0. The molecule has 0 aromatic rings. The van der Waals surface area contributed by atoms with Gasteiger partial charge in [-0.05, 0) is 6.42 Å². The largest absolute Gasteiger partial charge is 0.394 e. The van der Waals surface area contributed by atoms with Gasteiger partial charge < -0.3 is 28.8 Å². The Morgan fingerprint density at radius 1 is 0.458 bits per heavy atom. The molecule has 0 bridgehead atoms. The van der Waals surface area contributed by atoms with Crippen LogP contribution in [-0.4, -0.2) is 77.8 Å². The molecule has 0 rings (SSSR count). The molecule has 146 valence electrons. The van der Waals surface area contributed by atoms with Gasteiger partial charge in [-0.2, -0.15) is 0 Å². The van der Waals surface area contributed by atoms with Gasteiger partial charge in [-0.25, -0.2) is 0 Å². The van der Waals surface area contributed by atoms with E-state index in [2.05, 4.69) is 6.92 Å². The molecule has 0 amide bonds. The molecule has 0 radical (unpaired) electrons. The Balaban J connectivity index is 2.93. The fourth-order valence-electron chi connectivity index (χ4n) is 2.03. The maximum Gasteiger partial charge on any atom is 0.0701 e. The molecule has 0 aliphatic carbocycles. The van der Waals surface area contributed by atoms with Gasteiger partial charge in [0, 0.05) is 6.61 Å². The Morgan fingerprint density at radius 2 is 0.833 bits per heavy atom. The van der Waals surface area contributed by atoms with E-state index in [1.807, 2.05) is 0 Å². The molecule has 0 aliphatic heterocycles. The maximum atomic E-state index is 8.51. The van der Waals surface area contributed by atoms with Crippen LogP contribution in [0.5, 0.6) is 0 Å². The standard InChI is InChI=1S/C18H38O6/c1-2-3-4-5-6-7-9-20-11-13-22-15-17-24-18-16-23-14-12-21-10-8-19/h19H,2-18H2,1H3. The molecule has 0 fully saturated rings. The number of ether oxygens (including phenoxy) is 5. The molecule has 1 N–H and O–H groups in total. The summed E-state index contributed by atoms with van der Waals surface area (Å²) in [5.41, 5.74) is 0. The van der Waals surface area contributed by atoms with Gasteiger partial charge in [-0.1, -0.05) is 39.0 Å². The normalized spacial score (nSPS) is 11.2. The van der Waals surface area contributed by atoms with Crippen LogP contribution in [0.3, 0.4) is 0 Å². The summed E-state index contributed by atoms with van der Waals surface area (Å²) >= 11 is 0. The summed E-state index contributed by atoms with van der Waals surface area (Å²) in [6.07, 6.45) is 7.74. The van der Waals surface area contributed by atoms with Crippen LogP contribution in [0.15, 0.2) is 0 Å². The Kier molecular flexibility index (Phi) is 22.5. The summed E-state index contributed by atoms with van der Waals surface area (Å²) in [6, 6.07) is 0. The number of aliphatic hydroxyl groups excluding tert-OH is 1. The second-order valence-corrected chi connectivity index (χ2v) is 5.55. The molecule has 0 aromatic heterocycles. The van der Waals surface area contributed by atoms with Crippen LogP contribution in [0.2, 0.25) is 0 Å². The lowest BCUT2D eigenvalue weighted by Crippen LogP contribution is -2.13. The van der Waals surface area contributed by atoms with E-state index in [4.69, 9.17) is 28.8 Å². The zero-order valence-electron chi connectivity index (χ0n) is 15.5. The predicted molar refractivity (Wildman–Crippen MR) is 94.6 cm³/mol. The third kappa shape index (κ3) is 21.8. The minimum atomic E-state index is 0.0488. The van der Waals surface area contributed by atoms with Crippen molar-refractivity contribution >= 4 is 0 Å². The zero-order chi connectivity index (χ0) is 17.6. The lowest BCUT2D eigenvalue weighted by molar-refractivity contribution is -0.0134. The third-order valence-electron chi connectivity index (χ3n) is 3.37. The van der Waals surface area contributed by atoms with E-state index in [0.717, 1.165) is 13.0 Å². The quantitative estimate of drug-likeness (QED) is 0.321. The average molecular weight is 350 g/mol. The lowest BCUT2D eigenvalue weighted by atomic mass is 10.1. The van der Waals surface area contributed by atoms with Crippen LogP contribution in [0.1, 0.15) is 45.4 Å². The molecule has 0 unspecified atom stereocenters. The summed E-state index contributed by atoms with van der Waals surface area (Å²) < 4.78 is 26.7. The SMILES string of the molecule is CCCCCCCCOCCOCCOCCOCCOCCO. The van der Waals surface area contributed by atoms with Crippen molar-refractivity contribution in [1.82, 2.24) is 0 Å². The highest BCUT2D eigenvalue weighted by Gasteiger charge is 1.94. The molecule has 0 atom stereocenters. The van der Waals surface area contributed by atoms with Crippen molar-refractivity contribution in [2.75, 3.05) is 72.7 Å². The van der Waals surface area contributed by atoms with Crippen LogP contribution in [0.4, 0.5) is 0 Å². The van der Waals surface area contributed by atoms with E-state index in [9.17, 15) is 0 Å². The second kappa shape index (κ2) is 22.8. The van der Waals surface area contributed by atoms with Crippen molar-refractivity contribution in [3.8, 4) is 0 Å². The molecule has 0 aromatic carbocycles. The van der Waals surface area contributed by atoms with Crippen molar-refractivity contribution in [3.63, 3.8) is 0 Å². The number of rotatable bonds is 21. The number of aliphatic hydroxyl groups is 1. The highest BCUT2D eigenvalue weighted by Crippen LogP contribution is 2.04. The summed E-state index contributed by atoms with van der Waals surface area (Å²) in [5, 5.41) is 8.51. The second-order valence-electron chi connectivity index (χ2n) is 5.55. The Hall–Kier alpha value is -0.240. The molecular weight excluding hydrogens is 312 g/mol. The highest BCUT2D eigenvalue weighted by molar-refractivity contribution is 4.43. The fraction of sp³-hybridized carbons (Fsp3) is 1.00. The molecule has 0 heterocycles. The minimum absolute atomic E-state index is 0.0488. The summed E-state index contributed by atoms with van der Waals surface area (Å²) in [6.45, 7) is 8.05. The van der Waals surface area contributed by atoms with Crippen molar-refractivity contribution in [3.05, 3.63) is 0 Å². The van der Waals surface area contributed by atoms with E-state index < -0.39 is 0 Å². The highest BCUT2D eigenvalue weighted by atomic mass is 16.6. The van der Waals surface area contributed by atoms with Gasteiger partial charge in [-0.15, -0.1) is 0 Å². The summed E-state index contributed by atoms with van der Waals surface area (Å²) in [7, 11) is 0. The van der Waals surface area contributed by atoms with Crippen LogP contribution in [-0.2, 0) is 23.7 Å². The van der Waals surface area contributed by atoms with Crippen molar-refractivity contribution in [2.24, 2.45) is 0 Å². The van der Waals surface area contributed by atoms with Crippen molar-refractivity contribution < 1.29 is 28.8 Å². The van der Waals surface area contributed by atoms with Gasteiger partial charge >= 0.3 is 0 Å². The average Bonchev–Trinajstić information content (AvgIpc) is 2.60. The van der Waals surface area contributed by atoms with Crippen LogP contribution in [0, 0.1) is 0 Å². The third-order valence-corrected chi connectivity index (χ3v) is 3.37. The Morgan fingerprint density at radius 3 is 1.29 bits per heavy atom. The molecule has 24 heavy (non-hydrogen) atoms. The first-order chi connectivity index (χ1) is 11.9. The van der Waals surface area contributed by atoms with Gasteiger partial charge in [0.1, 0.15) is 0 Å². The topological polar surface area (TPSA) is 66.4 Å². The monoisotopic (exact) mass is 350 g/mol. The lowest BCUT2D eigenvalue weighted by Gasteiger charge is -2.07. The van der Waals surface area contributed by atoms with Crippen molar-refractivity contribution in [1.29, 1.82) is 0 Å². The smallest absolute Gasteiger partial charge is 0.0701 e. The van der Waals surface area contributed by atoms with Gasteiger partial charge in [-0.3, -0.25) is 0 Å². The zero-order valence-corrected chi connectivity index (χ0v) is 15.5. The number of unbranched alkanes of at least 4 members (excludes halogenated alkanes) is 5. The maximum absolute atomic E-state index is 8.51. The molecule has 6 nitrogen and oxygen atoms in total. The first-order valence-corrected chi connectivity index (χ1v) is 9.41. The minimum Gasteiger partial charge on any atom is -0.394 e. The molecular formula is C18H38O6. The Bertz CT molecular complexity index is 194. The number of hydrogen-bond acceptors (Lipinski definition) is 6. The van der Waals surface area contributed by atoms with Gasteiger partial charge in [0.2, 0.25) is 0 Å². The van der Waals surface area contributed by atoms with Crippen LogP contribution in [0.25, 0.3) is 0 Å². The fourth-order valence-corrected chi connectivity index (χ4v) is 2.03. The van der Waals surface area contributed by atoms with E-state index in [1.165, 1.54) is 32.1 Å². The Labute approximate surface area is 147 Å². The van der Waals surface area contributed by atoms with E-state index in [1.54, 1.807) is 0 Å². The summed E-state index contributed by atoms with van der Waals surface area (Å²) in [4.78, 5) is 0. The molecule has 0 saturated heterocycles. The van der Waals surface area contributed by atoms with E-state index in [0.29, 0.717) is 59.5 Å². The van der Waals surface area contributed by atoms with Crippen LogP contribution < -0.4 is 0 Å². The van der Waals surface area contributed by atoms with Gasteiger partial charge in [0.25, 0.3) is 0 Å². The molecule has 6 heteroatoms. The van der Waals surface area contributed by atoms with Crippen LogP contribution >= 0.6 is 0 Å². The van der Waals surface area contributed by atoms with Gasteiger partial charge in [0.15, 0.2) is 0 Å². The van der Waals surface area contributed by atoms with Crippen molar-refractivity contribution in [2.45, 2.75) is 45.4 Å². The first kappa shape index (κ1) is 23.8. The molecule has 0 spiro atoms. The van der Waals surface area contributed by atoms with Gasteiger partial charge in [0.05, 0.1) is 66.1 Å². The van der Waals surface area contributed by atoms with E-state index >= 15 is 0 Å². The predicted octanol–water partition coefficient (Wildman–Crippen LogP) is 2.42.